The molecule has 0 aliphatic rings. The molecule has 0 fully saturated rings. The number of carbonyl (C=O) groups excluding carboxylic acids is 1. The molecule has 0 atom stereocenters. The molecule has 2 aromatic carbocycles. The average Bonchev–Trinajstić information content (AvgIpc) is 3.16. The van der Waals surface area contributed by atoms with Crippen LogP contribution in [-0.4, -0.2) is 22.4 Å². The van der Waals surface area contributed by atoms with Crippen molar-refractivity contribution in [1.29, 1.82) is 0 Å². The fourth-order valence-electron chi connectivity index (χ4n) is 3.09. The van der Waals surface area contributed by atoms with Crippen molar-refractivity contribution in [3.05, 3.63) is 100 Å². The molecule has 4 aromatic rings. The summed E-state index contributed by atoms with van der Waals surface area (Å²) in [5, 5.41) is 0.980. The first-order chi connectivity index (χ1) is 13.1. The summed E-state index contributed by atoms with van der Waals surface area (Å²) in [5.74, 6) is 0.642. The van der Waals surface area contributed by atoms with E-state index in [-0.39, 0.29) is 11.3 Å². The van der Waals surface area contributed by atoms with Crippen molar-refractivity contribution >= 4 is 16.7 Å². The predicted octanol–water partition coefficient (Wildman–Crippen LogP) is 3.62. The number of hydrogen-bond acceptors (Lipinski definition) is 3. The van der Waals surface area contributed by atoms with Gasteiger partial charge in [0.1, 0.15) is 5.75 Å². The summed E-state index contributed by atoms with van der Waals surface area (Å²) < 4.78 is 6.96. The Kier molecular flexibility index (Phi) is 4.34. The van der Waals surface area contributed by atoms with E-state index in [9.17, 15) is 9.59 Å². The van der Waals surface area contributed by atoms with Crippen molar-refractivity contribution in [1.82, 2.24) is 9.55 Å². The molecule has 1 N–H and O–H groups in total. The van der Waals surface area contributed by atoms with Gasteiger partial charge in [-0.2, -0.15) is 0 Å². The molecule has 5 nitrogen and oxygen atoms in total. The molecule has 0 unspecified atom stereocenters. The van der Waals surface area contributed by atoms with Gasteiger partial charge in [0, 0.05) is 34.6 Å². The van der Waals surface area contributed by atoms with Crippen molar-refractivity contribution in [2.75, 3.05) is 7.11 Å². The topological polar surface area (TPSA) is 64.1 Å². The smallest absolute Gasteiger partial charge is 0.253 e. The van der Waals surface area contributed by atoms with E-state index in [0.29, 0.717) is 29.0 Å². The minimum atomic E-state index is -0.120. The zero-order chi connectivity index (χ0) is 18.8. The van der Waals surface area contributed by atoms with E-state index < -0.39 is 0 Å². The lowest BCUT2D eigenvalue weighted by Crippen LogP contribution is -2.15. The van der Waals surface area contributed by atoms with E-state index in [2.05, 4.69) is 4.98 Å². The summed E-state index contributed by atoms with van der Waals surface area (Å²) in [7, 11) is 1.59. The fraction of sp³-hybridized carbons (Fsp3) is 0.0909. The van der Waals surface area contributed by atoms with Crippen LogP contribution >= 0.6 is 0 Å². The number of carbonyl (C=O) groups is 1. The highest BCUT2D eigenvalue weighted by molar-refractivity contribution is 6.08. The first kappa shape index (κ1) is 16.8. The van der Waals surface area contributed by atoms with Crippen molar-refractivity contribution in [2.24, 2.45) is 0 Å². The Balaban J connectivity index is 1.58. The molecule has 0 aliphatic heterocycles. The highest BCUT2D eigenvalue weighted by Crippen LogP contribution is 2.16. The average molecular weight is 358 g/mol. The number of aromatic amines is 1. The van der Waals surface area contributed by atoms with Crippen molar-refractivity contribution < 1.29 is 9.53 Å². The van der Waals surface area contributed by atoms with Gasteiger partial charge in [-0.1, -0.05) is 18.2 Å². The monoisotopic (exact) mass is 358 g/mol. The van der Waals surface area contributed by atoms with E-state index >= 15 is 0 Å². The molecule has 27 heavy (non-hydrogen) atoms. The standard InChI is InChI=1S/C22H18N2O3/c1-27-19-8-6-15(7-9-19)21(25)17-10-11-24(13-17)14-18-12-16-4-2-3-5-20(16)23-22(18)26/h2-13H,14H2,1H3,(H,23,26). The number of ketones is 1. The van der Waals surface area contributed by atoms with Gasteiger partial charge in [-0.15, -0.1) is 0 Å². The second-order valence-electron chi connectivity index (χ2n) is 6.34. The number of H-pyrrole nitrogens is 1. The molecular formula is C22H18N2O3. The molecule has 0 spiro atoms. The minimum Gasteiger partial charge on any atom is -0.497 e. The largest absolute Gasteiger partial charge is 0.497 e. The van der Waals surface area contributed by atoms with Gasteiger partial charge >= 0.3 is 0 Å². The van der Waals surface area contributed by atoms with E-state index in [0.717, 1.165) is 10.9 Å². The van der Waals surface area contributed by atoms with E-state index in [4.69, 9.17) is 4.74 Å². The molecule has 0 aliphatic carbocycles. The Hall–Kier alpha value is -3.60. The molecule has 2 heterocycles. The van der Waals surface area contributed by atoms with E-state index in [1.807, 2.05) is 41.1 Å². The number of rotatable bonds is 5. The van der Waals surface area contributed by atoms with Crippen LogP contribution in [0.5, 0.6) is 5.75 Å². The fourth-order valence-corrected chi connectivity index (χ4v) is 3.09. The Bertz CT molecular complexity index is 1170. The van der Waals surface area contributed by atoms with Crippen LogP contribution in [0.1, 0.15) is 21.5 Å². The minimum absolute atomic E-state index is 0.0659. The highest BCUT2D eigenvalue weighted by Gasteiger charge is 2.11. The molecule has 2 aromatic heterocycles. The van der Waals surface area contributed by atoms with Gasteiger partial charge in [0.15, 0.2) is 5.78 Å². The summed E-state index contributed by atoms with van der Waals surface area (Å²) in [6, 6.07) is 18.3. The molecule has 134 valence electrons. The molecule has 0 amide bonds. The molecular weight excluding hydrogens is 340 g/mol. The number of methoxy groups -OCH3 is 1. The lowest BCUT2D eigenvalue weighted by Gasteiger charge is -2.05. The quantitative estimate of drug-likeness (QED) is 0.554. The van der Waals surface area contributed by atoms with Crippen LogP contribution < -0.4 is 10.3 Å². The Morgan fingerprint density at radius 2 is 1.81 bits per heavy atom. The Morgan fingerprint density at radius 3 is 2.59 bits per heavy atom. The van der Waals surface area contributed by atoms with Gasteiger partial charge in [-0.3, -0.25) is 9.59 Å². The summed E-state index contributed by atoms with van der Waals surface area (Å²) in [6.45, 7) is 0.399. The van der Waals surface area contributed by atoms with Gasteiger partial charge < -0.3 is 14.3 Å². The summed E-state index contributed by atoms with van der Waals surface area (Å²) in [5.41, 5.74) is 2.52. The lowest BCUT2D eigenvalue weighted by atomic mass is 10.1. The van der Waals surface area contributed by atoms with Crippen LogP contribution in [0.2, 0.25) is 0 Å². The number of fused-ring (bicyclic) bond motifs is 1. The number of hydrogen-bond donors (Lipinski definition) is 1. The maximum absolute atomic E-state index is 12.6. The molecule has 5 heteroatoms. The van der Waals surface area contributed by atoms with Crippen LogP contribution in [0.15, 0.2) is 77.9 Å². The predicted molar refractivity (Wildman–Crippen MR) is 105 cm³/mol. The lowest BCUT2D eigenvalue weighted by molar-refractivity contribution is 0.103. The number of pyridine rings is 1. The van der Waals surface area contributed by atoms with Gasteiger partial charge in [-0.05, 0) is 47.9 Å². The van der Waals surface area contributed by atoms with Crippen LogP contribution in [0, 0.1) is 0 Å². The van der Waals surface area contributed by atoms with Gasteiger partial charge in [0.2, 0.25) is 0 Å². The third kappa shape index (κ3) is 3.40. The van der Waals surface area contributed by atoms with Crippen LogP contribution in [-0.2, 0) is 6.54 Å². The number of benzene rings is 2. The number of nitrogens with zero attached hydrogens (tertiary/aromatic N) is 1. The van der Waals surface area contributed by atoms with Crippen LogP contribution in [0.4, 0.5) is 0 Å². The molecule has 0 radical (unpaired) electrons. The number of para-hydroxylation sites is 1. The maximum atomic E-state index is 12.6. The van der Waals surface area contributed by atoms with E-state index in [1.54, 1.807) is 43.6 Å². The number of nitrogens with one attached hydrogen (secondary N) is 1. The van der Waals surface area contributed by atoms with E-state index in [1.165, 1.54) is 0 Å². The molecule has 0 saturated carbocycles. The van der Waals surface area contributed by atoms with Crippen LogP contribution in [0.25, 0.3) is 10.9 Å². The van der Waals surface area contributed by atoms with Gasteiger partial charge in [-0.25, -0.2) is 0 Å². The number of ether oxygens (including phenoxy) is 1. The first-order valence-corrected chi connectivity index (χ1v) is 8.59. The van der Waals surface area contributed by atoms with Crippen molar-refractivity contribution in [3.8, 4) is 5.75 Å². The summed E-state index contributed by atoms with van der Waals surface area (Å²) in [4.78, 5) is 27.8. The van der Waals surface area contributed by atoms with Gasteiger partial charge in [0.25, 0.3) is 5.56 Å². The second kappa shape index (κ2) is 6.96. The zero-order valence-corrected chi connectivity index (χ0v) is 14.8. The summed E-state index contributed by atoms with van der Waals surface area (Å²) >= 11 is 0. The second-order valence-corrected chi connectivity index (χ2v) is 6.34. The number of aromatic nitrogens is 2. The molecule has 0 bridgehead atoms. The van der Waals surface area contributed by atoms with Gasteiger partial charge in [0.05, 0.1) is 13.7 Å². The van der Waals surface area contributed by atoms with Crippen molar-refractivity contribution in [3.63, 3.8) is 0 Å². The molecule has 4 rings (SSSR count). The maximum Gasteiger partial charge on any atom is 0.253 e. The highest BCUT2D eigenvalue weighted by atomic mass is 16.5. The first-order valence-electron chi connectivity index (χ1n) is 8.59. The Morgan fingerprint density at radius 1 is 1.04 bits per heavy atom. The third-order valence-electron chi connectivity index (χ3n) is 4.55. The summed E-state index contributed by atoms with van der Waals surface area (Å²) in [6.07, 6.45) is 3.58. The molecule has 0 saturated heterocycles. The zero-order valence-electron chi connectivity index (χ0n) is 14.8. The Labute approximate surface area is 155 Å². The third-order valence-corrected chi connectivity index (χ3v) is 4.55. The van der Waals surface area contributed by atoms with Crippen molar-refractivity contribution in [2.45, 2.75) is 6.54 Å². The normalized spacial score (nSPS) is 10.9. The van der Waals surface area contributed by atoms with Crippen LogP contribution in [0.3, 0.4) is 0 Å². The SMILES string of the molecule is COc1ccc(C(=O)c2ccn(Cc3cc4ccccc4[nH]c3=O)c2)cc1.